The Bertz CT molecular complexity index is 1190. The molecule has 7 nitrogen and oxygen atoms in total. The Morgan fingerprint density at radius 1 is 1.03 bits per heavy atom. The minimum absolute atomic E-state index is 0.110. The van der Waals surface area contributed by atoms with Crippen LogP contribution in [0.25, 0.3) is 28.1 Å². The number of pyridine rings is 2. The van der Waals surface area contributed by atoms with E-state index in [0.29, 0.717) is 5.39 Å². The molecule has 176 valence electrons. The Morgan fingerprint density at radius 2 is 1.67 bits per heavy atom. The fourth-order valence-electron chi connectivity index (χ4n) is 3.96. The van der Waals surface area contributed by atoms with Crippen LogP contribution in [-0.4, -0.2) is 55.9 Å². The van der Waals surface area contributed by atoms with Crippen LogP contribution in [0.15, 0.2) is 41.5 Å². The molecule has 2 heterocycles. The van der Waals surface area contributed by atoms with Gasteiger partial charge in [0.15, 0.2) is 0 Å². The van der Waals surface area contributed by atoms with Crippen LogP contribution in [0.5, 0.6) is 11.5 Å². The lowest BCUT2D eigenvalue weighted by atomic mass is 9.98. The third kappa shape index (κ3) is 4.88. The molecule has 0 atom stereocenters. The summed E-state index contributed by atoms with van der Waals surface area (Å²) in [7, 11) is 7.22. The number of methoxy groups -OCH3 is 2. The second-order valence-electron chi connectivity index (χ2n) is 8.04. The summed E-state index contributed by atoms with van der Waals surface area (Å²) in [6.07, 6.45) is 7.11. The number of hydrogen-bond acceptors (Lipinski definition) is 6. The molecule has 3 rings (SSSR count). The topological polar surface area (TPSA) is 59.8 Å². The molecule has 0 saturated carbocycles. The van der Waals surface area contributed by atoms with E-state index < -0.39 is 0 Å². The first-order valence-corrected chi connectivity index (χ1v) is 11.2. The van der Waals surface area contributed by atoms with Gasteiger partial charge in [0.05, 0.1) is 25.2 Å². The molecule has 0 aliphatic heterocycles. The predicted molar refractivity (Wildman–Crippen MR) is 136 cm³/mol. The Morgan fingerprint density at radius 3 is 2.18 bits per heavy atom. The standard InChI is InChI=1S/C26H34N4O3/c1-8-11-30-17-21(19-14-25(28(4)5)27-15-20(19)26(30)31)18-12-23(32-6)22(24(13-18)33-7)16-29(9-2)10-3/h8,11-15,17H,9-10,16H2,1-7H3/b11-8+. The molecule has 0 radical (unpaired) electrons. The summed E-state index contributed by atoms with van der Waals surface area (Å²) in [5, 5.41) is 1.39. The van der Waals surface area contributed by atoms with Crippen molar-refractivity contribution in [2.24, 2.45) is 0 Å². The number of benzene rings is 1. The number of anilines is 1. The highest BCUT2D eigenvalue weighted by atomic mass is 16.5. The van der Waals surface area contributed by atoms with Crippen LogP contribution in [0.3, 0.4) is 0 Å². The summed E-state index contributed by atoms with van der Waals surface area (Å²) in [5.74, 6) is 2.30. The number of ether oxygens (including phenoxy) is 2. The van der Waals surface area contributed by atoms with Crippen molar-refractivity contribution in [3.05, 3.63) is 52.6 Å². The van der Waals surface area contributed by atoms with Crippen LogP contribution in [0.4, 0.5) is 5.82 Å². The van der Waals surface area contributed by atoms with Gasteiger partial charge in [0.25, 0.3) is 5.56 Å². The summed E-state index contributed by atoms with van der Waals surface area (Å²) < 4.78 is 13.2. The highest BCUT2D eigenvalue weighted by molar-refractivity contribution is 5.97. The first kappa shape index (κ1) is 24.3. The lowest BCUT2D eigenvalue weighted by molar-refractivity contribution is 0.281. The van der Waals surface area contributed by atoms with Crippen molar-refractivity contribution >= 4 is 22.8 Å². The number of allylic oxidation sites excluding steroid dienone is 1. The summed E-state index contributed by atoms with van der Waals surface area (Å²) >= 11 is 0. The fourth-order valence-corrected chi connectivity index (χ4v) is 3.96. The van der Waals surface area contributed by atoms with E-state index in [9.17, 15) is 4.79 Å². The van der Waals surface area contributed by atoms with Crippen LogP contribution in [-0.2, 0) is 6.54 Å². The summed E-state index contributed by atoms with van der Waals surface area (Å²) in [4.78, 5) is 21.8. The molecule has 0 aliphatic rings. The van der Waals surface area contributed by atoms with Gasteiger partial charge in [-0.25, -0.2) is 4.98 Å². The number of aromatic nitrogens is 2. The van der Waals surface area contributed by atoms with E-state index in [0.717, 1.165) is 59.0 Å². The zero-order chi connectivity index (χ0) is 24.1. The van der Waals surface area contributed by atoms with Crippen molar-refractivity contribution in [1.29, 1.82) is 0 Å². The van der Waals surface area contributed by atoms with Crippen molar-refractivity contribution in [2.45, 2.75) is 27.3 Å². The van der Waals surface area contributed by atoms with Crippen molar-refractivity contribution in [3.8, 4) is 22.6 Å². The van der Waals surface area contributed by atoms with E-state index in [4.69, 9.17) is 9.47 Å². The van der Waals surface area contributed by atoms with Crippen molar-refractivity contribution in [2.75, 3.05) is 46.3 Å². The Labute approximate surface area is 195 Å². The average Bonchev–Trinajstić information content (AvgIpc) is 2.83. The Kier molecular flexibility index (Phi) is 7.76. The molecule has 0 N–H and O–H groups in total. The zero-order valence-electron chi connectivity index (χ0n) is 20.7. The van der Waals surface area contributed by atoms with E-state index in [1.165, 1.54) is 0 Å². The van der Waals surface area contributed by atoms with Crippen molar-refractivity contribution in [3.63, 3.8) is 0 Å². The molecule has 3 aromatic rings. The van der Waals surface area contributed by atoms with Crippen LogP contribution < -0.4 is 19.9 Å². The Hall–Kier alpha value is -3.32. The van der Waals surface area contributed by atoms with Crippen molar-refractivity contribution in [1.82, 2.24) is 14.5 Å². The minimum atomic E-state index is -0.110. The van der Waals surface area contributed by atoms with Gasteiger partial charge in [-0.15, -0.1) is 0 Å². The fraction of sp³-hybridized carbons (Fsp3) is 0.385. The van der Waals surface area contributed by atoms with Gasteiger partial charge >= 0.3 is 0 Å². The monoisotopic (exact) mass is 450 g/mol. The maximum absolute atomic E-state index is 13.1. The largest absolute Gasteiger partial charge is 0.496 e. The highest BCUT2D eigenvalue weighted by Gasteiger charge is 2.19. The van der Waals surface area contributed by atoms with Crippen LogP contribution >= 0.6 is 0 Å². The second-order valence-corrected chi connectivity index (χ2v) is 8.04. The summed E-state index contributed by atoms with van der Waals surface area (Å²) in [6, 6.07) is 6.00. The van der Waals surface area contributed by atoms with Gasteiger partial charge in [0.1, 0.15) is 17.3 Å². The number of hydrogen-bond donors (Lipinski definition) is 0. The van der Waals surface area contributed by atoms with Gasteiger partial charge in [-0.1, -0.05) is 19.9 Å². The molecular formula is C26H34N4O3. The number of fused-ring (bicyclic) bond motifs is 1. The maximum atomic E-state index is 13.1. The molecule has 7 heteroatoms. The third-order valence-electron chi connectivity index (χ3n) is 5.88. The molecule has 0 bridgehead atoms. The quantitative estimate of drug-likeness (QED) is 0.479. The van der Waals surface area contributed by atoms with E-state index >= 15 is 0 Å². The van der Waals surface area contributed by atoms with Crippen molar-refractivity contribution < 1.29 is 9.47 Å². The molecule has 0 fully saturated rings. The van der Waals surface area contributed by atoms with Gasteiger partial charge in [-0.3, -0.25) is 14.3 Å². The highest BCUT2D eigenvalue weighted by Crippen LogP contribution is 2.38. The number of nitrogens with zero attached hydrogens (tertiary/aromatic N) is 4. The smallest absolute Gasteiger partial charge is 0.264 e. The average molecular weight is 451 g/mol. The summed E-state index contributed by atoms with van der Waals surface area (Å²) in [6.45, 7) is 8.77. The summed E-state index contributed by atoms with van der Waals surface area (Å²) in [5.41, 5.74) is 2.71. The molecule has 0 aliphatic carbocycles. The lowest BCUT2D eigenvalue weighted by Crippen LogP contribution is -2.23. The van der Waals surface area contributed by atoms with Gasteiger partial charge in [0, 0.05) is 50.2 Å². The first-order valence-electron chi connectivity index (χ1n) is 11.2. The van der Waals surface area contributed by atoms with E-state index in [1.54, 1.807) is 31.2 Å². The van der Waals surface area contributed by atoms with Gasteiger partial charge < -0.3 is 14.4 Å². The molecule has 0 unspecified atom stereocenters. The molecule has 1 aromatic carbocycles. The molecule has 0 amide bonds. The van der Waals surface area contributed by atoms with E-state index in [2.05, 4.69) is 23.7 Å². The van der Waals surface area contributed by atoms with Gasteiger partial charge in [-0.05, 0) is 43.8 Å². The molecule has 33 heavy (non-hydrogen) atoms. The van der Waals surface area contributed by atoms with E-state index in [1.807, 2.05) is 56.4 Å². The molecule has 0 saturated heterocycles. The Balaban J connectivity index is 2.33. The van der Waals surface area contributed by atoms with Crippen LogP contribution in [0.2, 0.25) is 0 Å². The predicted octanol–water partition coefficient (Wildman–Crippen LogP) is 4.48. The third-order valence-corrected chi connectivity index (χ3v) is 5.88. The second kappa shape index (κ2) is 10.5. The van der Waals surface area contributed by atoms with Gasteiger partial charge in [0.2, 0.25) is 0 Å². The normalized spacial score (nSPS) is 11.5. The zero-order valence-corrected chi connectivity index (χ0v) is 20.7. The number of rotatable bonds is 9. The lowest BCUT2D eigenvalue weighted by Gasteiger charge is -2.22. The molecule has 0 spiro atoms. The van der Waals surface area contributed by atoms with Crippen LogP contribution in [0.1, 0.15) is 26.3 Å². The van der Waals surface area contributed by atoms with Gasteiger partial charge in [-0.2, -0.15) is 0 Å². The van der Waals surface area contributed by atoms with Crippen LogP contribution in [0, 0.1) is 0 Å². The van der Waals surface area contributed by atoms with E-state index in [-0.39, 0.29) is 5.56 Å². The minimum Gasteiger partial charge on any atom is -0.496 e. The SMILES string of the molecule is C/C=C/n1cc(-c2cc(OC)c(CN(CC)CC)c(OC)c2)c2cc(N(C)C)ncc2c1=O. The first-order chi connectivity index (χ1) is 15.9. The molecule has 2 aromatic heterocycles. The molecular weight excluding hydrogens is 416 g/mol. The maximum Gasteiger partial charge on any atom is 0.264 e.